The van der Waals surface area contributed by atoms with E-state index >= 15 is 0 Å². The number of pyridine rings is 1. The number of fused-ring (bicyclic) bond motifs is 1. The summed E-state index contributed by atoms with van der Waals surface area (Å²) in [5, 5.41) is 0. The minimum absolute atomic E-state index is 0.188. The fourth-order valence-corrected chi connectivity index (χ4v) is 2.42. The molecular formula is C16H26N4. The molecule has 2 heterocycles. The molecule has 2 aromatic heterocycles. The van der Waals surface area contributed by atoms with E-state index in [-0.39, 0.29) is 6.04 Å². The quantitative estimate of drug-likeness (QED) is 0.844. The normalized spacial score (nSPS) is 12.8. The van der Waals surface area contributed by atoms with Crippen molar-refractivity contribution in [3.05, 3.63) is 30.1 Å². The van der Waals surface area contributed by atoms with E-state index in [1.165, 1.54) is 18.5 Å². The molecule has 0 aromatic carbocycles. The highest BCUT2D eigenvalue weighted by molar-refractivity contribution is 5.55. The minimum atomic E-state index is 0.188. The molecular weight excluding hydrogens is 248 g/mol. The second-order valence-electron chi connectivity index (χ2n) is 5.46. The van der Waals surface area contributed by atoms with Crippen molar-refractivity contribution in [2.45, 2.75) is 45.6 Å². The van der Waals surface area contributed by atoms with Crippen LogP contribution >= 0.6 is 0 Å². The molecule has 0 aliphatic heterocycles. The highest BCUT2D eigenvalue weighted by Crippen LogP contribution is 2.22. The summed E-state index contributed by atoms with van der Waals surface area (Å²) in [6.07, 6.45) is 6.31. The van der Waals surface area contributed by atoms with Crippen LogP contribution in [0.2, 0.25) is 0 Å². The van der Waals surface area contributed by atoms with Crippen LogP contribution in [0.5, 0.6) is 0 Å². The Hall–Kier alpha value is -1.55. The highest BCUT2D eigenvalue weighted by atomic mass is 15.2. The summed E-state index contributed by atoms with van der Waals surface area (Å²) in [5.41, 5.74) is 8.40. The van der Waals surface area contributed by atoms with Crippen LogP contribution in [0.3, 0.4) is 0 Å². The summed E-state index contributed by atoms with van der Waals surface area (Å²) in [6.45, 7) is 5.38. The maximum absolute atomic E-state index is 6.16. The van der Waals surface area contributed by atoms with Gasteiger partial charge in [0.2, 0.25) is 0 Å². The van der Waals surface area contributed by atoms with Crippen molar-refractivity contribution < 1.29 is 0 Å². The molecule has 110 valence electrons. The van der Waals surface area contributed by atoms with Gasteiger partial charge in [0, 0.05) is 32.3 Å². The zero-order valence-electron chi connectivity index (χ0n) is 12.8. The van der Waals surface area contributed by atoms with Crippen LogP contribution in [0.1, 0.15) is 38.8 Å². The van der Waals surface area contributed by atoms with E-state index in [0.717, 1.165) is 30.9 Å². The third-order valence-corrected chi connectivity index (χ3v) is 3.80. The molecule has 0 saturated heterocycles. The van der Waals surface area contributed by atoms with Crippen LogP contribution in [0.25, 0.3) is 5.65 Å². The van der Waals surface area contributed by atoms with Crippen molar-refractivity contribution >= 4 is 11.5 Å². The third kappa shape index (κ3) is 3.12. The van der Waals surface area contributed by atoms with Crippen molar-refractivity contribution in [2.24, 2.45) is 5.73 Å². The Morgan fingerprint density at radius 1 is 1.35 bits per heavy atom. The Kier molecular flexibility index (Phi) is 5.01. The molecule has 4 nitrogen and oxygen atoms in total. The maximum Gasteiger partial charge on any atom is 0.150 e. The molecule has 0 spiro atoms. The van der Waals surface area contributed by atoms with Crippen molar-refractivity contribution in [3.63, 3.8) is 0 Å². The molecule has 2 aromatic rings. The predicted octanol–water partition coefficient (Wildman–Crippen LogP) is 2.85. The monoisotopic (exact) mass is 274 g/mol. The summed E-state index contributed by atoms with van der Waals surface area (Å²) in [4.78, 5) is 7.04. The number of hydrogen-bond acceptors (Lipinski definition) is 3. The molecule has 0 fully saturated rings. The number of hydrogen-bond donors (Lipinski definition) is 1. The molecule has 0 amide bonds. The van der Waals surface area contributed by atoms with Crippen LogP contribution in [0.4, 0.5) is 5.82 Å². The zero-order chi connectivity index (χ0) is 14.5. The second kappa shape index (κ2) is 6.75. The van der Waals surface area contributed by atoms with E-state index in [1.807, 2.05) is 12.1 Å². The van der Waals surface area contributed by atoms with Gasteiger partial charge in [-0.2, -0.15) is 0 Å². The molecule has 0 aliphatic rings. The Bertz CT molecular complexity index is 546. The standard InChI is InChI=1S/C16H26N4/c1-4-6-10-19(3)16-14(12-13(17)5-2)20-11-8-7-9-15(20)18-16/h7-9,11,13H,4-6,10,12,17H2,1-3H3. The highest BCUT2D eigenvalue weighted by Gasteiger charge is 2.17. The summed E-state index contributed by atoms with van der Waals surface area (Å²) in [6, 6.07) is 6.32. The van der Waals surface area contributed by atoms with Gasteiger partial charge in [-0.3, -0.25) is 0 Å². The molecule has 1 atom stereocenters. The van der Waals surface area contributed by atoms with Gasteiger partial charge in [-0.1, -0.05) is 26.3 Å². The van der Waals surface area contributed by atoms with E-state index in [1.54, 1.807) is 0 Å². The number of nitrogens with zero attached hydrogens (tertiary/aromatic N) is 3. The first-order chi connectivity index (χ1) is 9.67. The lowest BCUT2D eigenvalue weighted by atomic mass is 10.1. The van der Waals surface area contributed by atoms with Crippen LogP contribution < -0.4 is 10.6 Å². The molecule has 0 bridgehead atoms. The lowest BCUT2D eigenvalue weighted by Gasteiger charge is -2.19. The first-order valence-corrected chi connectivity index (χ1v) is 7.60. The van der Waals surface area contributed by atoms with E-state index < -0.39 is 0 Å². The maximum atomic E-state index is 6.16. The van der Waals surface area contributed by atoms with Crippen molar-refractivity contribution in [2.75, 3.05) is 18.5 Å². The third-order valence-electron chi connectivity index (χ3n) is 3.80. The molecule has 20 heavy (non-hydrogen) atoms. The van der Waals surface area contributed by atoms with E-state index in [4.69, 9.17) is 10.7 Å². The van der Waals surface area contributed by atoms with Crippen LogP contribution in [-0.2, 0) is 6.42 Å². The van der Waals surface area contributed by atoms with Gasteiger partial charge in [0.05, 0.1) is 5.69 Å². The Morgan fingerprint density at radius 3 is 2.85 bits per heavy atom. The summed E-state index contributed by atoms with van der Waals surface area (Å²) < 4.78 is 2.17. The lowest BCUT2D eigenvalue weighted by molar-refractivity contribution is 0.631. The average molecular weight is 274 g/mol. The SMILES string of the molecule is CCCCN(C)c1nc2ccccn2c1CC(N)CC. The molecule has 4 heteroatoms. The van der Waals surface area contributed by atoms with E-state index in [2.05, 4.69) is 42.5 Å². The van der Waals surface area contributed by atoms with Gasteiger partial charge in [0.25, 0.3) is 0 Å². The number of imidazole rings is 1. The van der Waals surface area contributed by atoms with Gasteiger partial charge in [0.15, 0.2) is 5.82 Å². The van der Waals surface area contributed by atoms with Crippen molar-refractivity contribution in [1.82, 2.24) is 9.38 Å². The average Bonchev–Trinajstić information content (AvgIpc) is 2.83. The topological polar surface area (TPSA) is 46.6 Å². The van der Waals surface area contributed by atoms with E-state index in [0.29, 0.717) is 0 Å². The number of rotatable bonds is 7. The van der Waals surface area contributed by atoms with Gasteiger partial charge in [-0.05, 0) is 25.0 Å². The first-order valence-electron chi connectivity index (χ1n) is 7.60. The number of anilines is 1. The van der Waals surface area contributed by atoms with Gasteiger partial charge in [-0.25, -0.2) is 4.98 Å². The fourth-order valence-electron chi connectivity index (χ4n) is 2.42. The number of unbranched alkanes of at least 4 members (excludes halogenated alkanes) is 1. The van der Waals surface area contributed by atoms with Crippen molar-refractivity contribution in [3.8, 4) is 0 Å². The number of aromatic nitrogens is 2. The van der Waals surface area contributed by atoms with Crippen LogP contribution in [-0.4, -0.2) is 29.0 Å². The molecule has 1 unspecified atom stereocenters. The van der Waals surface area contributed by atoms with Crippen molar-refractivity contribution in [1.29, 1.82) is 0 Å². The molecule has 2 N–H and O–H groups in total. The predicted molar refractivity (Wildman–Crippen MR) is 85.3 cm³/mol. The smallest absolute Gasteiger partial charge is 0.150 e. The number of nitrogens with two attached hydrogens (primary N) is 1. The minimum Gasteiger partial charge on any atom is -0.358 e. The Labute approximate surface area is 121 Å². The Morgan fingerprint density at radius 2 is 2.15 bits per heavy atom. The molecule has 2 rings (SSSR count). The summed E-state index contributed by atoms with van der Waals surface area (Å²) in [5.74, 6) is 1.08. The van der Waals surface area contributed by atoms with Gasteiger partial charge >= 0.3 is 0 Å². The summed E-state index contributed by atoms with van der Waals surface area (Å²) in [7, 11) is 2.12. The molecule has 0 saturated carbocycles. The van der Waals surface area contributed by atoms with Gasteiger partial charge in [-0.15, -0.1) is 0 Å². The van der Waals surface area contributed by atoms with Crippen LogP contribution in [0.15, 0.2) is 24.4 Å². The summed E-state index contributed by atoms with van der Waals surface area (Å²) >= 11 is 0. The first kappa shape index (κ1) is 14.9. The zero-order valence-corrected chi connectivity index (χ0v) is 12.8. The largest absolute Gasteiger partial charge is 0.358 e. The molecule has 0 aliphatic carbocycles. The molecule has 0 radical (unpaired) electrons. The van der Waals surface area contributed by atoms with E-state index in [9.17, 15) is 0 Å². The second-order valence-corrected chi connectivity index (χ2v) is 5.46. The fraction of sp³-hybridized carbons (Fsp3) is 0.562. The Balaban J connectivity index is 2.38. The lowest BCUT2D eigenvalue weighted by Crippen LogP contribution is -2.25. The van der Waals surface area contributed by atoms with Crippen LogP contribution in [0, 0.1) is 0 Å². The van der Waals surface area contributed by atoms with Gasteiger partial charge < -0.3 is 15.0 Å². The van der Waals surface area contributed by atoms with Gasteiger partial charge in [0.1, 0.15) is 5.65 Å².